The maximum Gasteiger partial charge on any atom is 0.328 e. The fraction of sp³-hybridized carbons (Fsp3) is 0.375. The lowest BCUT2D eigenvalue weighted by atomic mass is 9.99. The number of H-pyrrole nitrogens is 1. The van der Waals surface area contributed by atoms with E-state index >= 15 is 0 Å². The van der Waals surface area contributed by atoms with Crippen LogP contribution in [0.5, 0.6) is 0 Å². The molecule has 0 aliphatic carbocycles. The van der Waals surface area contributed by atoms with Crippen molar-refractivity contribution in [2.24, 2.45) is 5.92 Å². The molecule has 0 aliphatic rings. The fourth-order valence-electron chi connectivity index (χ4n) is 2.29. The minimum absolute atomic E-state index is 0.0670. The van der Waals surface area contributed by atoms with Gasteiger partial charge in [0.15, 0.2) is 5.69 Å². The predicted octanol–water partition coefficient (Wildman–Crippen LogP) is 1.24. The highest BCUT2D eigenvalue weighted by Gasteiger charge is 2.28. The summed E-state index contributed by atoms with van der Waals surface area (Å²) in [6.45, 7) is 3.76. The van der Waals surface area contributed by atoms with Gasteiger partial charge in [0.1, 0.15) is 6.04 Å². The second-order valence-electron chi connectivity index (χ2n) is 5.31. The van der Waals surface area contributed by atoms with Gasteiger partial charge >= 0.3 is 5.97 Å². The van der Waals surface area contributed by atoms with Crippen LogP contribution >= 0.6 is 0 Å². The molecule has 0 saturated heterocycles. The van der Waals surface area contributed by atoms with Crippen molar-refractivity contribution in [1.29, 1.82) is 0 Å². The molecule has 1 aromatic heterocycles. The summed E-state index contributed by atoms with van der Waals surface area (Å²) in [5.41, 5.74) is -0.305. The summed E-state index contributed by atoms with van der Waals surface area (Å²) < 4.78 is 4.75. The topological polar surface area (TPSA) is 101 Å². The highest BCUT2D eigenvalue weighted by molar-refractivity contribution is 6.05. The summed E-state index contributed by atoms with van der Waals surface area (Å²) in [6, 6.07) is 5.90. The zero-order valence-electron chi connectivity index (χ0n) is 13.3. The molecule has 1 heterocycles. The molecule has 1 aromatic carbocycles. The maximum atomic E-state index is 12.5. The van der Waals surface area contributed by atoms with Crippen LogP contribution in [0, 0.1) is 5.92 Å². The Hall–Kier alpha value is -2.70. The number of aromatic nitrogens is 2. The van der Waals surface area contributed by atoms with Crippen molar-refractivity contribution in [2.45, 2.75) is 26.3 Å². The number of aromatic amines is 1. The van der Waals surface area contributed by atoms with E-state index in [1.54, 1.807) is 24.3 Å². The Bertz CT molecular complexity index is 784. The SMILES string of the molecule is CC[C@H](C)[C@@H](NC(=O)c1n[nH]c(=O)c2ccccc12)C(=O)OC. The number of carbonyl (C=O) groups is 2. The van der Waals surface area contributed by atoms with Gasteiger partial charge in [-0.2, -0.15) is 5.10 Å². The van der Waals surface area contributed by atoms with Crippen LogP contribution in [0.2, 0.25) is 0 Å². The van der Waals surface area contributed by atoms with Gasteiger partial charge in [-0.1, -0.05) is 38.5 Å². The van der Waals surface area contributed by atoms with E-state index in [9.17, 15) is 14.4 Å². The first kappa shape index (κ1) is 16.7. The third-order valence-electron chi connectivity index (χ3n) is 3.87. The molecule has 0 radical (unpaired) electrons. The number of ether oxygens (including phenoxy) is 1. The smallest absolute Gasteiger partial charge is 0.328 e. The van der Waals surface area contributed by atoms with Crippen molar-refractivity contribution in [3.63, 3.8) is 0 Å². The number of fused-ring (bicyclic) bond motifs is 1. The third-order valence-corrected chi connectivity index (χ3v) is 3.87. The normalized spacial score (nSPS) is 13.3. The number of methoxy groups -OCH3 is 1. The van der Waals surface area contributed by atoms with Crippen molar-refractivity contribution in [3.05, 3.63) is 40.3 Å². The third kappa shape index (κ3) is 3.39. The van der Waals surface area contributed by atoms with Gasteiger partial charge in [-0.05, 0) is 12.0 Å². The standard InChI is InChI=1S/C16H19N3O4/c1-4-9(2)12(16(22)23-3)17-15(21)13-10-7-5-6-8-11(10)14(20)19-18-13/h5-9,12H,4H2,1-3H3,(H,17,21)(H,19,20)/t9-,12+/m0/s1. The summed E-state index contributed by atoms with van der Waals surface area (Å²) >= 11 is 0. The molecule has 122 valence electrons. The van der Waals surface area contributed by atoms with Crippen LogP contribution in [0.4, 0.5) is 0 Å². The minimum atomic E-state index is -0.773. The highest BCUT2D eigenvalue weighted by atomic mass is 16.5. The number of amides is 1. The molecule has 0 spiro atoms. The molecule has 23 heavy (non-hydrogen) atoms. The molecule has 0 unspecified atom stereocenters. The van der Waals surface area contributed by atoms with Crippen LogP contribution in [0.25, 0.3) is 10.8 Å². The number of rotatable bonds is 5. The first-order valence-corrected chi connectivity index (χ1v) is 7.35. The number of hydrogen-bond donors (Lipinski definition) is 2. The van der Waals surface area contributed by atoms with Crippen LogP contribution in [0.1, 0.15) is 30.8 Å². The molecule has 0 fully saturated rings. The van der Waals surface area contributed by atoms with E-state index in [-0.39, 0.29) is 17.2 Å². The van der Waals surface area contributed by atoms with E-state index in [1.165, 1.54) is 7.11 Å². The molecule has 2 N–H and O–H groups in total. The monoisotopic (exact) mass is 317 g/mol. The highest BCUT2D eigenvalue weighted by Crippen LogP contribution is 2.14. The van der Waals surface area contributed by atoms with Crippen LogP contribution in [-0.4, -0.2) is 35.2 Å². The first-order valence-electron chi connectivity index (χ1n) is 7.35. The number of nitrogens with one attached hydrogen (secondary N) is 2. The zero-order valence-corrected chi connectivity index (χ0v) is 13.3. The summed E-state index contributed by atoms with van der Waals surface area (Å²) in [5, 5.41) is 9.58. The van der Waals surface area contributed by atoms with Gasteiger partial charge in [0.05, 0.1) is 12.5 Å². The average molecular weight is 317 g/mol. The first-order chi connectivity index (χ1) is 11.0. The van der Waals surface area contributed by atoms with Gasteiger partial charge in [0, 0.05) is 5.39 Å². The van der Waals surface area contributed by atoms with Gasteiger partial charge < -0.3 is 10.1 Å². The van der Waals surface area contributed by atoms with Crippen LogP contribution < -0.4 is 10.9 Å². The second-order valence-corrected chi connectivity index (χ2v) is 5.31. The Balaban J connectivity index is 2.39. The van der Waals surface area contributed by atoms with E-state index in [0.717, 1.165) is 0 Å². The quantitative estimate of drug-likeness (QED) is 0.808. The molecule has 7 nitrogen and oxygen atoms in total. The Morgan fingerprint density at radius 2 is 1.96 bits per heavy atom. The maximum absolute atomic E-state index is 12.5. The molecule has 0 aliphatic heterocycles. The lowest BCUT2D eigenvalue weighted by molar-refractivity contribution is -0.144. The Morgan fingerprint density at radius 1 is 1.30 bits per heavy atom. The Kier molecular flexibility index (Phi) is 5.10. The number of benzene rings is 1. The molecular weight excluding hydrogens is 298 g/mol. The lowest BCUT2D eigenvalue weighted by Crippen LogP contribution is -2.46. The number of hydrogen-bond acceptors (Lipinski definition) is 5. The van der Waals surface area contributed by atoms with Crippen molar-refractivity contribution in [2.75, 3.05) is 7.11 Å². The molecule has 2 atom stereocenters. The van der Waals surface area contributed by atoms with Crippen LogP contribution in [0.15, 0.2) is 29.1 Å². The van der Waals surface area contributed by atoms with E-state index in [1.807, 2.05) is 13.8 Å². The summed E-state index contributed by atoms with van der Waals surface area (Å²) in [6.07, 6.45) is 0.694. The van der Waals surface area contributed by atoms with E-state index < -0.39 is 17.9 Å². The van der Waals surface area contributed by atoms with Crippen molar-refractivity contribution in [1.82, 2.24) is 15.5 Å². The Morgan fingerprint density at radius 3 is 2.57 bits per heavy atom. The molecule has 1 amide bonds. The summed E-state index contributed by atoms with van der Waals surface area (Å²) in [5.74, 6) is -1.14. The number of nitrogens with zero attached hydrogens (tertiary/aromatic N) is 1. The second kappa shape index (κ2) is 7.04. The van der Waals surface area contributed by atoms with E-state index in [0.29, 0.717) is 17.2 Å². The summed E-state index contributed by atoms with van der Waals surface area (Å²) in [4.78, 5) is 36.2. The van der Waals surface area contributed by atoms with E-state index in [2.05, 4.69) is 15.5 Å². The van der Waals surface area contributed by atoms with Crippen LogP contribution in [0.3, 0.4) is 0 Å². The Labute approximate surface area is 133 Å². The number of carbonyl (C=O) groups excluding carboxylic acids is 2. The molecule has 2 rings (SSSR count). The number of esters is 1. The minimum Gasteiger partial charge on any atom is -0.467 e. The van der Waals surface area contributed by atoms with Crippen molar-refractivity contribution in [3.8, 4) is 0 Å². The molecular formula is C16H19N3O4. The van der Waals surface area contributed by atoms with Gasteiger partial charge in [0.2, 0.25) is 0 Å². The lowest BCUT2D eigenvalue weighted by Gasteiger charge is -2.21. The molecule has 7 heteroatoms. The van der Waals surface area contributed by atoms with Gasteiger partial charge in [-0.15, -0.1) is 0 Å². The van der Waals surface area contributed by atoms with Crippen LogP contribution in [-0.2, 0) is 9.53 Å². The molecule has 0 bridgehead atoms. The largest absolute Gasteiger partial charge is 0.467 e. The summed E-state index contributed by atoms with van der Waals surface area (Å²) in [7, 11) is 1.28. The zero-order chi connectivity index (χ0) is 17.0. The molecule has 0 saturated carbocycles. The van der Waals surface area contributed by atoms with Crippen molar-refractivity contribution < 1.29 is 14.3 Å². The van der Waals surface area contributed by atoms with Gasteiger partial charge in [-0.3, -0.25) is 9.59 Å². The van der Waals surface area contributed by atoms with Gasteiger partial charge in [-0.25, -0.2) is 9.89 Å². The average Bonchev–Trinajstić information content (AvgIpc) is 2.58. The predicted molar refractivity (Wildman–Crippen MR) is 85.1 cm³/mol. The molecule has 2 aromatic rings. The van der Waals surface area contributed by atoms with Gasteiger partial charge in [0.25, 0.3) is 11.5 Å². The van der Waals surface area contributed by atoms with Crippen molar-refractivity contribution >= 4 is 22.6 Å². The fourth-order valence-corrected chi connectivity index (χ4v) is 2.29. The van der Waals surface area contributed by atoms with E-state index in [4.69, 9.17) is 4.74 Å².